The molecular weight excluding hydrogens is 292 g/mol. The molecule has 2 atom stereocenters. The lowest BCUT2D eigenvalue weighted by atomic mass is 9.93. The lowest BCUT2D eigenvalue weighted by Gasteiger charge is -2.23. The van der Waals surface area contributed by atoms with E-state index in [4.69, 9.17) is 9.47 Å². The first-order valence-electron chi connectivity index (χ1n) is 6.86. The van der Waals surface area contributed by atoms with Crippen LogP contribution in [-0.4, -0.2) is 46.4 Å². The maximum atomic E-state index is 12.4. The summed E-state index contributed by atoms with van der Waals surface area (Å²) in [6.45, 7) is 1.53. The van der Waals surface area contributed by atoms with Gasteiger partial charge in [0.1, 0.15) is 6.10 Å². The largest absolute Gasteiger partial charge is 0.504 e. The predicted octanol–water partition coefficient (Wildman–Crippen LogP) is 0.918. The molecule has 0 fully saturated rings. The van der Waals surface area contributed by atoms with Crippen molar-refractivity contribution in [2.24, 2.45) is 0 Å². The lowest BCUT2D eigenvalue weighted by Crippen LogP contribution is -2.29. The Morgan fingerprint density at radius 1 is 1.41 bits per heavy atom. The number of aromatic hydroxyl groups is 2. The summed E-state index contributed by atoms with van der Waals surface area (Å²) in [4.78, 5) is 24.3. The summed E-state index contributed by atoms with van der Waals surface area (Å²) in [5.41, 5.74) is 0.128. The summed E-state index contributed by atoms with van der Waals surface area (Å²) in [7, 11) is 1.25. The number of methoxy groups -OCH3 is 1. The van der Waals surface area contributed by atoms with Crippen molar-refractivity contribution in [1.82, 2.24) is 0 Å². The number of aliphatic hydroxyl groups excluding tert-OH is 1. The van der Waals surface area contributed by atoms with Crippen LogP contribution in [0.25, 0.3) is 0 Å². The standard InChI is InChI=1S/C15H18O7/c1-7(16)3-9-6-10(17)13-8(5-12(19)22-9)4-11(18)15(21-2)14(13)20/h4,7,9,16,18,20H,3,5-6H2,1-2H3/t7-,9+/m1/s1. The van der Waals surface area contributed by atoms with E-state index < -0.39 is 29.7 Å². The highest BCUT2D eigenvalue weighted by Crippen LogP contribution is 2.42. The molecule has 1 aromatic rings. The van der Waals surface area contributed by atoms with Gasteiger partial charge in [0.05, 0.1) is 25.2 Å². The third-order valence-electron chi connectivity index (χ3n) is 3.45. The monoisotopic (exact) mass is 310 g/mol. The van der Waals surface area contributed by atoms with Crippen molar-refractivity contribution in [2.45, 2.75) is 38.4 Å². The van der Waals surface area contributed by atoms with Gasteiger partial charge in [-0.3, -0.25) is 9.59 Å². The molecule has 0 spiro atoms. The number of fused-ring (bicyclic) bond motifs is 1. The summed E-state index contributed by atoms with van der Waals surface area (Å²) in [5, 5.41) is 29.3. The van der Waals surface area contributed by atoms with Crippen LogP contribution in [0.15, 0.2) is 6.07 Å². The molecule has 0 radical (unpaired) electrons. The third kappa shape index (κ3) is 3.14. The molecule has 1 aliphatic heterocycles. The Labute approximate surface area is 127 Å². The van der Waals surface area contributed by atoms with E-state index in [-0.39, 0.29) is 41.9 Å². The molecule has 2 rings (SSSR count). The van der Waals surface area contributed by atoms with E-state index in [0.717, 1.165) is 0 Å². The van der Waals surface area contributed by atoms with E-state index in [0.29, 0.717) is 0 Å². The number of cyclic esters (lactones) is 1. The minimum absolute atomic E-state index is 0.0538. The van der Waals surface area contributed by atoms with Crippen molar-refractivity contribution in [3.8, 4) is 17.2 Å². The molecule has 22 heavy (non-hydrogen) atoms. The zero-order valence-electron chi connectivity index (χ0n) is 12.3. The molecule has 3 N–H and O–H groups in total. The number of ether oxygens (including phenoxy) is 2. The maximum Gasteiger partial charge on any atom is 0.310 e. The van der Waals surface area contributed by atoms with Crippen LogP contribution in [0.4, 0.5) is 0 Å². The molecule has 0 bridgehead atoms. The normalized spacial score (nSPS) is 19.7. The van der Waals surface area contributed by atoms with Crippen LogP contribution in [0.5, 0.6) is 17.2 Å². The molecule has 7 nitrogen and oxygen atoms in total. The molecule has 0 aliphatic carbocycles. The zero-order valence-corrected chi connectivity index (χ0v) is 12.3. The first-order valence-corrected chi connectivity index (χ1v) is 6.86. The number of phenolic OH excluding ortho intramolecular Hbond substituents is 2. The van der Waals surface area contributed by atoms with E-state index in [2.05, 4.69) is 0 Å². The highest BCUT2D eigenvalue weighted by atomic mass is 16.5. The third-order valence-corrected chi connectivity index (χ3v) is 3.45. The molecule has 0 saturated carbocycles. The topological polar surface area (TPSA) is 113 Å². The number of Topliss-reactive ketones (excluding diaryl/α,β-unsaturated/α-hetero) is 1. The number of esters is 1. The first kappa shape index (κ1) is 16.1. The van der Waals surface area contributed by atoms with Crippen LogP contribution in [0.2, 0.25) is 0 Å². The summed E-state index contributed by atoms with van der Waals surface area (Å²) in [6, 6.07) is 1.21. The van der Waals surface area contributed by atoms with Crippen molar-refractivity contribution < 1.29 is 34.4 Å². The molecule has 0 saturated heterocycles. The number of hydrogen-bond donors (Lipinski definition) is 3. The van der Waals surface area contributed by atoms with Gasteiger partial charge in [-0.15, -0.1) is 0 Å². The molecule has 0 unspecified atom stereocenters. The second kappa shape index (κ2) is 6.23. The maximum absolute atomic E-state index is 12.4. The highest BCUT2D eigenvalue weighted by molar-refractivity contribution is 6.03. The number of phenols is 2. The fourth-order valence-corrected chi connectivity index (χ4v) is 2.59. The minimum Gasteiger partial charge on any atom is -0.504 e. The van der Waals surface area contributed by atoms with Gasteiger partial charge in [0.2, 0.25) is 5.75 Å². The summed E-state index contributed by atoms with van der Waals surface area (Å²) < 4.78 is 10.0. The van der Waals surface area contributed by atoms with E-state index in [1.54, 1.807) is 0 Å². The van der Waals surface area contributed by atoms with E-state index in [1.807, 2.05) is 0 Å². The van der Waals surface area contributed by atoms with Crippen molar-refractivity contribution in [1.29, 1.82) is 0 Å². The lowest BCUT2D eigenvalue weighted by molar-refractivity contribution is -0.149. The number of carbonyl (C=O) groups excluding carboxylic acids is 2. The van der Waals surface area contributed by atoms with Gasteiger partial charge in [-0.2, -0.15) is 0 Å². The number of ketones is 1. The van der Waals surface area contributed by atoms with Crippen LogP contribution in [-0.2, 0) is 16.0 Å². The van der Waals surface area contributed by atoms with Crippen LogP contribution in [0.3, 0.4) is 0 Å². The zero-order chi connectivity index (χ0) is 16.4. The van der Waals surface area contributed by atoms with E-state index in [1.165, 1.54) is 20.1 Å². The Morgan fingerprint density at radius 3 is 2.68 bits per heavy atom. The van der Waals surface area contributed by atoms with Gasteiger partial charge in [0, 0.05) is 12.8 Å². The van der Waals surface area contributed by atoms with Crippen molar-refractivity contribution in [2.75, 3.05) is 7.11 Å². The van der Waals surface area contributed by atoms with Gasteiger partial charge in [-0.25, -0.2) is 0 Å². The molecule has 7 heteroatoms. The van der Waals surface area contributed by atoms with Gasteiger partial charge in [-0.1, -0.05) is 0 Å². The summed E-state index contributed by atoms with van der Waals surface area (Å²) >= 11 is 0. The summed E-state index contributed by atoms with van der Waals surface area (Å²) in [5.74, 6) is -2.10. The Kier molecular flexibility index (Phi) is 4.56. The Balaban J connectivity index is 2.47. The van der Waals surface area contributed by atoms with E-state index in [9.17, 15) is 24.9 Å². The Bertz CT molecular complexity index is 606. The fourth-order valence-electron chi connectivity index (χ4n) is 2.59. The Hall–Kier alpha value is -2.28. The van der Waals surface area contributed by atoms with Crippen molar-refractivity contribution >= 4 is 11.8 Å². The average molecular weight is 310 g/mol. The van der Waals surface area contributed by atoms with Gasteiger partial charge in [-0.05, 0) is 18.6 Å². The van der Waals surface area contributed by atoms with Crippen LogP contribution < -0.4 is 4.74 Å². The minimum atomic E-state index is -0.757. The molecular formula is C15H18O7. The molecule has 1 heterocycles. The smallest absolute Gasteiger partial charge is 0.310 e. The molecule has 1 aromatic carbocycles. The van der Waals surface area contributed by atoms with Crippen molar-refractivity contribution in [3.05, 3.63) is 17.2 Å². The van der Waals surface area contributed by atoms with Gasteiger partial charge in [0.15, 0.2) is 17.3 Å². The second-order valence-electron chi connectivity index (χ2n) is 5.31. The number of rotatable bonds is 3. The highest BCUT2D eigenvalue weighted by Gasteiger charge is 2.31. The first-order chi connectivity index (χ1) is 10.3. The quantitative estimate of drug-likeness (QED) is 0.711. The number of carbonyl (C=O) groups is 2. The molecule has 0 aromatic heterocycles. The van der Waals surface area contributed by atoms with Crippen LogP contribution in [0.1, 0.15) is 35.7 Å². The second-order valence-corrected chi connectivity index (χ2v) is 5.31. The molecule has 0 amide bonds. The molecule has 1 aliphatic rings. The van der Waals surface area contributed by atoms with Crippen LogP contribution >= 0.6 is 0 Å². The van der Waals surface area contributed by atoms with Gasteiger partial charge >= 0.3 is 5.97 Å². The Morgan fingerprint density at radius 2 is 2.09 bits per heavy atom. The number of hydrogen-bond acceptors (Lipinski definition) is 7. The summed E-state index contributed by atoms with van der Waals surface area (Å²) in [6.07, 6.45) is -1.78. The van der Waals surface area contributed by atoms with Gasteiger partial charge < -0.3 is 24.8 Å². The van der Waals surface area contributed by atoms with Crippen molar-refractivity contribution in [3.63, 3.8) is 0 Å². The average Bonchev–Trinajstić information content (AvgIpc) is 2.35. The molecule has 120 valence electrons. The number of benzene rings is 1. The predicted molar refractivity (Wildman–Crippen MR) is 75.2 cm³/mol. The fraction of sp³-hybridized carbons (Fsp3) is 0.467. The number of aliphatic hydroxyl groups is 1. The van der Waals surface area contributed by atoms with Gasteiger partial charge in [0.25, 0.3) is 0 Å². The van der Waals surface area contributed by atoms with Crippen LogP contribution in [0, 0.1) is 0 Å². The van der Waals surface area contributed by atoms with E-state index >= 15 is 0 Å². The SMILES string of the molecule is COc1c(O)cc2c(c1O)C(=O)C[C@H](C[C@@H](C)O)OC(=O)C2.